The van der Waals surface area contributed by atoms with Crippen LogP contribution in [0.5, 0.6) is 0 Å². The summed E-state index contributed by atoms with van der Waals surface area (Å²) in [5.41, 5.74) is 0.871. The van der Waals surface area contributed by atoms with Crippen molar-refractivity contribution in [3.63, 3.8) is 0 Å². The largest absolute Gasteiger partial charge is 0.351 e. The highest BCUT2D eigenvalue weighted by Crippen LogP contribution is 2.29. The van der Waals surface area contributed by atoms with Gasteiger partial charge in [-0.1, -0.05) is 60.3 Å². The SMILES string of the molecule is CCCCSc1nnc(SCC(=O)NCc2ccc(F)cc2)s1. The van der Waals surface area contributed by atoms with Gasteiger partial charge in [-0.2, -0.15) is 0 Å². The van der Waals surface area contributed by atoms with Gasteiger partial charge in [0.05, 0.1) is 5.75 Å². The van der Waals surface area contributed by atoms with E-state index < -0.39 is 0 Å². The minimum Gasteiger partial charge on any atom is -0.351 e. The number of carbonyl (C=O) groups is 1. The molecular formula is C15H18FN3OS3. The zero-order valence-electron chi connectivity index (χ0n) is 12.8. The fraction of sp³-hybridized carbons (Fsp3) is 0.400. The van der Waals surface area contributed by atoms with Crippen LogP contribution >= 0.6 is 34.9 Å². The second kappa shape index (κ2) is 9.89. The number of benzene rings is 1. The number of halogens is 1. The number of thioether (sulfide) groups is 2. The van der Waals surface area contributed by atoms with Gasteiger partial charge in [-0.05, 0) is 24.1 Å². The van der Waals surface area contributed by atoms with Crippen LogP contribution < -0.4 is 5.32 Å². The molecule has 0 spiro atoms. The fourth-order valence-electron chi connectivity index (χ4n) is 1.60. The highest BCUT2D eigenvalue weighted by atomic mass is 32.2. The zero-order valence-corrected chi connectivity index (χ0v) is 15.2. The smallest absolute Gasteiger partial charge is 0.230 e. The highest BCUT2D eigenvalue weighted by molar-refractivity contribution is 8.03. The molecule has 1 heterocycles. The van der Waals surface area contributed by atoms with Crippen molar-refractivity contribution in [3.8, 4) is 0 Å². The number of hydrogen-bond acceptors (Lipinski definition) is 6. The Labute approximate surface area is 147 Å². The van der Waals surface area contributed by atoms with E-state index in [4.69, 9.17) is 0 Å². The molecule has 124 valence electrons. The van der Waals surface area contributed by atoms with Crippen molar-refractivity contribution >= 4 is 40.8 Å². The van der Waals surface area contributed by atoms with Crippen molar-refractivity contribution < 1.29 is 9.18 Å². The van der Waals surface area contributed by atoms with E-state index in [1.54, 1.807) is 23.9 Å². The third-order valence-electron chi connectivity index (χ3n) is 2.84. The summed E-state index contributed by atoms with van der Waals surface area (Å²) in [5, 5.41) is 11.0. The van der Waals surface area contributed by atoms with Crippen molar-refractivity contribution in [2.45, 2.75) is 35.0 Å². The first kappa shape index (κ1) is 18.2. The summed E-state index contributed by atoms with van der Waals surface area (Å²) in [4.78, 5) is 11.8. The molecule has 2 aromatic rings. The maximum Gasteiger partial charge on any atom is 0.230 e. The molecule has 0 saturated heterocycles. The maximum atomic E-state index is 12.8. The van der Waals surface area contributed by atoms with E-state index in [1.807, 2.05) is 0 Å². The van der Waals surface area contributed by atoms with E-state index in [9.17, 15) is 9.18 Å². The van der Waals surface area contributed by atoms with Crippen LogP contribution in [-0.4, -0.2) is 27.6 Å². The van der Waals surface area contributed by atoms with Crippen molar-refractivity contribution in [2.75, 3.05) is 11.5 Å². The van der Waals surface area contributed by atoms with E-state index in [0.29, 0.717) is 12.3 Å². The summed E-state index contributed by atoms with van der Waals surface area (Å²) < 4.78 is 14.5. The van der Waals surface area contributed by atoms with Crippen LogP contribution in [0.25, 0.3) is 0 Å². The highest BCUT2D eigenvalue weighted by Gasteiger charge is 2.08. The molecule has 1 aromatic carbocycles. The second-order valence-electron chi connectivity index (χ2n) is 4.73. The Hall–Kier alpha value is -1.12. The summed E-state index contributed by atoms with van der Waals surface area (Å²) in [6.45, 7) is 2.56. The topological polar surface area (TPSA) is 54.9 Å². The molecule has 0 radical (unpaired) electrons. The Bertz CT molecular complexity index is 619. The van der Waals surface area contributed by atoms with Crippen molar-refractivity contribution in [1.29, 1.82) is 0 Å². The molecular weight excluding hydrogens is 353 g/mol. The van der Waals surface area contributed by atoms with Gasteiger partial charge in [0.1, 0.15) is 5.82 Å². The first-order valence-electron chi connectivity index (χ1n) is 7.27. The Kier molecular flexibility index (Phi) is 7.84. The number of unbranched alkanes of at least 4 members (excludes halogenated alkanes) is 1. The summed E-state index contributed by atoms with van der Waals surface area (Å²) in [5.74, 6) is 0.998. The average molecular weight is 372 g/mol. The standard InChI is InChI=1S/C15H18FN3OS3/c1-2-3-8-21-14-18-19-15(23-14)22-10-13(20)17-9-11-4-6-12(16)7-5-11/h4-7H,2-3,8-10H2,1H3,(H,17,20). The monoisotopic (exact) mass is 371 g/mol. The first-order chi connectivity index (χ1) is 11.2. The quantitative estimate of drug-likeness (QED) is 0.534. The molecule has 0 atom stereocenters. The number of rotatable bonds is 9. The average Bonchev–Trinajstić information content (AvgIpc) is 3.00. The molecule has 2 rings (SSSR count). The third kappa shape index (κ3) is 6.88. The molecule has 0 fully saturated rings. The molecule has 0 bridgehead atoms. The van der Waals surface area contributed by atoms with Gasteiger partial charge < -0.3 is 5.32 Å². The fourth-order valence-corrected chi connectivity index (χ4v) is 4.60. The summed E-state index contributed by atoms with van der Waals surface area (Å²) >= 11 is 4.62. The van der Waals surface area contributed by atoms with Crippen LogP contribution in [0.15, 0.2) is 32.9 Å². The Morgan fingerprint density at radius 1 is 1.22 bits per heavy atom. The van der Waals surface area contributed by atoms with Crippen LogP contribution in [0.4, 0.5) is 4.39 Å². The van der Waals surface area contributed by atoms with Gasteiger partial charge in [0.2, 0.25) is 5.91 Å². The molecule has 1 N–H and O–H groups in total. The molecule has 0 saturated carbocycles. The molecule has 0 aliphatic heterocycles. The van der Waals surface area contributed by atoms with Gasteiger partial charge in [-0.25, -0.2) is 4.39 Å². The first-order valence-corrected chi connectivity index (χ1v) is 10.1. The molecule has 0 aliphatic carbocycles. The van der Waals surface area contributed by atoms with Crippen molar-refractivity contribution in [3.05, 3.63) is 35.6 Å². The lowest BCUT2D eigenvalue weighted by atomic mass is 10.2. The van der Waals surface area contributed by atoms with Crippen molar-refractivity contribution in [2.24, 2.45) is 0 Å². The molecule has 1 aromatic heterocycles. The molecule has 23 heavy (non-hydrogen) atoms. The van der Waals surface area contributed by atoms with Gasteiger partial charge in [-0.15, -0.1) is 10.2 Å². The molecule has 0 unspecified atom stereocenters. The molecule has 0 aliphatic rings. The molecule has 4 nitrogen and oxygen atoms in total. The van der Waals surface area contributed by atoms with Gasteiger partial charge in [-0.3, -0.25) is 4.79 Å². The van der Waals surface area contributed by atoms with E-state index in [-0.39, 0.29) is 11.7 Å². The summed E-state index contributed by atoms with van der Waals surface area (Å²) in [7, 11) is 0. The Morgan fingerprint density at radius 2 is 1.91 bits per heavy atom. The Morgan fingerprint density at radius 3 is 2.61 bits per heavy atom. The third-order valence-corrected chi connectivity index (χ3v) is 6.12. The Balaban J connectivity index is 1.68. The number of aromatic nitrogens is 2. The number of carbonyl (C=O) groups excluding carboxylic acids is 1. The summed E-state index contributed by atoms with van der Waals surface area (Å²) in [6.07, 6.45) is 2.33. The minimum atomic E-state index is -0.278. The van der Waals surface area contributed by atoms with E-state index >= 15 is 0 Å². The van der Waals surface area contributed by atoms with Crippen LogP contribution in [0.1, 0.15) is 25.3 Å². The predicted octanol–water partition coefficient (Wildman–Crippen LogP) is 3.98. The van der Waals surface area contributed by atoms with Crippen LogP contribution in [0.3, 0.4) is 0 Å². The lowest BCUT2D eigenvalue weighted by molar-refractivity contribution is -0.118. The van der Waals surface area contributed by atoms with Gasteiger partial charge in [0, 0.05) is 12.3 Å². The van der Waals surface area contributed by atoms with Gasteiger partial charge in [0.15, 0.2) is 8.68 Å². The lowest BCUT2D eigenvalue weighted by Crippen LogP contribution is -2.24. The minimum absolute atomic E-state index is 0.0743. The van der Waals surface area contributed by atoms with Crippen LogP contribution in [0, 0.1) is 5.82 Å². The number of hydrogen-bond donors (Lipinski definition) is 1. The molecule has 1 amide bonds. The second-order valence-corrected chi connectivity index (χ2v) is 8.27. The van der Waals surface area contributed by atoms with Crippen LogP contribution in [0.2, 0.25) is 0 Å². The number of nitrogens with one attached hydrogen (secondary N) is 1. The predicted molar refractivity (Wildman–Crippen MR) is 94.5 cm³/mol. The number of nitrogens with zero attached hydrogens (tertiary/aromatic N) is 2. The van der Waals surface area contributed by atoms with E-state index in [0.717, 1.165) is 20.0 Å². The number of amides is 1. The van der Waals surface area contributed by atoms with Crippen molar-refractivity contribution in [1.82, 2.24) is 15.5 Å². The van der Waals surface area contributed by atoms with E-state index in [1.165, 1.54) is 48.1 Å². The maximum absolute atomic E-state index is 12.8. The van der Waals surface area contributed by atoms with Gasteiger partial charge in [0.25, 0.3) is 0 Å². The van der Waals surface area contributed by atoms with E-state index in [2.05, 4.69) is 22.4 Å². The lowest BCUT2D eigenvalue weighted by Gasteiger charge is -2.04. The zero-order chi connectivity index (χ0) is 16.5. The van der Waals surface area contributed by atoms with Crippen LogP contribution in [-0.2, 0) is 11.3 Å². The van der Waals surface area contributed by atoms with Gasteiger partial charge >= 0.3 is 0 Å². The molecule has 8 heteroatoms. The normalized spacial score (nSPS) is 10.7. The summed E-state index contributed by atoms with van der Waals surface area (Å²) in [6, 6.07) is 6.09.